The minimum absolute atomic E-state index is 0.118. The molecule has 0 radical (unpaired) electrons. The second-order valence-electron chi connectivity index (χ2n) is 10.2. The first-order valence-corrected chi connectivity index (χ1v) is 14.6. The quantitative estimate of drug-likeness (QED) is 0.222. The topological polar surface area (TPSA) is 45.6 Å². The number of rotatable bonds is 5. The van der Waals surface area contributed by atoms with Crippen LogP contribution >= 0.6 is 46.4 Å². The minimum atomic E-state index is -0.148. The number of halogens is 4. The van der Waals surface area contributed by atoms with Crippen molar-refractivity contribution in [2.75, 3.05) is 7.11 Å². The molecule has 0 amide bonds. The molecule has 2 aliphatic heterocycles. The second kappa shape index (κ2) is 11.7. The van der Waals surface area contributed by atoms with Gasteiger partial charge in [-0.25, -0.2) is 0 Å². The molecule has 4 nitrogen and oxygen atoms in total. The Kier molecular flexibility index (Phi) is 8.09. The highest BCUT2D eigenvalue weighted by atomic mass is 35.5. The minimum Gasteiger partial charge on any atom is -0.399 e. The van der Waals surface area contributed by atoms with Gasteiger partial charge in [0.25, 0.3) is 0 Å². The summed E-state index contributed by atoms with van der Waals surface area (Å²) in [4.78, 5) is 5.58. The zero-order chi connectivity index (χ0) is 27.8. The molecule has 8 heteroatoms. The van der Waals surface area contributed by atoms with Crippen LogP contribution in [0.2, 0.25) is 20.1 Å². The average Bonchev–Trinajstić information content (AvgIpc) is 2.93. The van der Waals surface area contributed by atoms with Crippen molar-refractivity contribution < 1.29 is 4.84 Å². The largest absolute Gasteiger partial charge is 0.399 e. The third kappa shape index (κ3) is 5.37. The van der Waals surface area contributed by atoms with E-state index in [1.807, 2.05) is 72.8 Å². The van der Waals surface area contributed by atoms with Gasteiger partial charge in [0.05, 0.1) is 5.71 Å². The third-order valence-corrected chi connectivity index (χ3v) is 8.81. The van der Waals surface area contributed by atoms with Crippen molar-refractivity contribution in [2.24, 2.45) is 17.0 Å². The Hall–Kier alpha value is -2.57. The van der Waals surface area contributed by atoms with Crippen molar-refractivity contribution >= 4 is 52.1 Å². The monoisotopic (exact) mass is 609 g/mol. The number of hydrogen-bond acceptors (Lipinski definition) is 4. The van der Waals surface area contributed by atoms with Crippen LogP contribution < -0.4 is 10.6 Å². The summed E-state index contributed by atoms with van der Waals surface area (Å²) in [6.45, 7) is 0. The van der Waals surface area contributed by atoms with E-state index in [1.165, 1.54) is 0 Å². The zero-order valence-electron chi connectivity index (χ0n) is 21.6. The first-order valence-electron chi connectivity index (χ1n) is 13.1. The van der Waals surface area contributed by atoms with Crippen molar-refractivity contribution in [3.8, 4) is 0 Å². The summed E-state index contributed by atoms with van der Waals surface area (Å²) in [5.74, 6) is -0.236. The molecule has 4 atom stereocenters. The van der Waals surface area contributed by atoms with Gasteiger partial charge in [-0.05, 0) is 70.8 Å². The van der Waals surface area contributed by atoms with Gasteiger partial charge in [0, 0.05) is 56.1 Å². The summed E-state index contributed by atoms with van der Waals surface area (Å²) in [5.41, 5.74) is 5.18. The highest BCUT2D eigenvalue weighted by Crippen LogP contribution is 2.53. The molecule has 2 saturated heterocycles. The van der Waals surface area contributed by atoms with Gasteiger partial charge >= 0.3 is 0 Å². The van der Waals surface area contributed by atoms with E-state index < -0.39 is 0 Å². The van der Waals surface area contributed by atoms with E-state index in [9.17, 15) is 0 Å². The normalized spacial score (nSPS) is 25.9. The van der Waals surface area contributed by atoms with Crippen LogP contribution in [0.15, 0.2) is 102 Å². The first-order chi connectivity index (χ1) is 19.4. The highest BCUT2D eigenvalue weighted by molar-refractivity contribution is 6.31. The van der Waals surface area contributed by atoms with Crippen molar-refractivity contribution in [3.63, 3.8) is 0 Å². The number of nitrogens with zero attached hydrogens (tertiary/aromatic N) is 1. The lowest BCUT2D eigenvalue weighted by Crippen LogP contribution is -2.60. The molecule has 4 aromatic carbocycles. The number of nitrogens with one attached hydrogen (secondary N) is 2. The number of piperidine rings is 2. The fourth-order valence-electron chi connectivity index (χ4n) is 6.33. The maximum absolute atomic E-state index is 6.52. The van der Waals surface area contributed by atoms with Crippen LogP contribution in [-0.4, -0.2) is 12.8 Å². The lowest BCUT2D eigenvalue weighted by atomic mass is 9.63. The summed E-state index contributed by atoms with van der Waals surface area (Å²) >= 11 is 26.1. The molecular formula is C32H27Cl4N3O. The van der Waals surface area contributed by atoms with Crippen LogP contribution in [-0.2, 0) is 4.84 Å². The fourth-order valence-corrected chi connectivity index (χ4v) is 7.13. The van der Waals surface area contributed by atoms with Gasteiger partial charge in [-0.3, -0.25) is 0 Å². The van der Waals surface area contributed by atoms with Gasteiger partial charge in [-0.2, -0.15) is 0 Å². The highest BCUT2D eigenvalue weighted by Gasteiger charge is 2.54. The van der Waals surface area contributed by atoms with Crippen LogP contribution in [0.3, 0.4) is 0 Å². The van der Waals surface area contributed by atoms with Crippen LogP contribution in [0.25, 0.3) is 0 Å². The molecule has 4 aromatic rings. The predicted molar refractivity (Wildman–Crippen MR) is 164 cm³/mol. The molecular weight excluding hydrogens is 584 g/mol. The van der Waals surface area contributed by atoms with Gasteiger partial charge in [0.1, 0.15) is 7.11 Å². The SMILES string of the molecule is CON=C1C2C(c3cccc(Cl)c3)NC(c3cccc(Cl)c3)C1C(c1cccc(Cl)c1)NC2c1cccc(Cl)c1. The zero-order valence-corrected chi connectivity index (χ0v) is 24.6. The molecule has 2 heterocycles. The summed E-state index contributed by atoms with van der Waals surface area (Å²) in [6, 6.07) is 31.3. The van der Waals surface area contributed by atoms with Crippen LogP contribution in [0.5, 0.6) is 0 Å². The van der Waals surface area contributed by atoms with Gasteiger partial charge in [-0.15, -0.1) is 0 Å². The summed E-state index contributed by atoms with van der Waals surface area (Å²) < 4.78 is 0. The van der Waals surface area contributed by atoms with E-state index in [0.717, 1.165) is 28.0 Å². The average molecular weight is 611 g/mol. The molecule has 2 N–H and O–H groups in total. The predicted octanol–water partition coefficient (Wildman–Crippen LogP) is 9.01. The molecule has 40 heavy (non-hydrogen) atoms. The van der Waals surface area contributed by atoms with Crippen LogP contribution in [0, 0.1) is 11.8 Å². The summed E-state index contributed by atoms with van der Waals surface area (Å²) in [7, 11) is 1.60. The number of oxime groups is 1. The number of hydrogen-bond donors (Lipinski definition) is 2. The van der Waals surface area contributed by atoms with Crippen molar-refractivity contribution in [2.45, 2.75) is 24.2 Å². The van der Waals surface area contributed by atoms with Crippen molar-refractivity contribution in [1.82, 2.24) is 10.6 Å². The molecule has 2 aliphatic rings. The maximum Gasteiger partial charge on any atom is 0.106 e. The van der Waals surface area contributed by atoms with E-state index in [2.05, 4.69) is 34.9 Å². The Balaban J connectivity index is 1.59. The van der Waals surface area contributed by atoms with Gasteiger partial charge < -0.3 is 15.5 Å². The number of benzene rings is 4. The van der Waals surface area contributed by atoms with Crippen LogP contribution in [0.1, 0.15) is 46.4 Å². The number of fused-ring (bicyclic) bond motifs is 2. The molecule has 2 fully saturated rings. The maximum atomic E-state index is 6.52. The molecule has 4 unspecified atom stereocenters. The molecule has 0 aliphatic carbocycles. The lowest BCUT2D eigenvalue weighted by Gasteiger charge is -2.54. The van der Waals surface area contributed by atoms with E-state index >= 15 is 0 Å². The van der Waals surface area contributed by atoms with E-state index in [-0.39, 0.29) is 36.0 Å². The molecule has 0 aromatic heterocycles. The van der Waals surface area contributed by atoms with E-state index in [4.69, 9.17) is 56.4 Å². The Labute approximate surface area is 254 Å². The Morgan fingerprint density at radius 3 is 1.07 bits per heavy atom. The first kappa shape index (κ1) is 27.6. The molecule has 2 bridgehead atoms. The van der Waals surface area contributed by atoms with E-state index in [1.54, 1.807) is 7.11 Å². The standard InChI is InChI=1S/C32H27Cl4N3O/c1-40-39-32-26-28(18-6-2-10-22(33)14-18)37-30(20-8-4-12-24(35)16-20)27(32)31(21-9-5-13-25(36)17-21)38-29(26)19-7-3-11-23(34)15-19/h2-17,26-31,37-38H,1H3. The van der Waals surface area contributed by atoms with Gasteiger partial charge in [-0.1, -0.05) is 100 Å². The third-order valence-electron chi connectivity index (χ3n) is 7.87. The van der Waals surface area contributed by atoms with E-state index in [0.29, 0.717) is 20.1 Å². The lowest BCUT2D eigenvalue weighted by molar-refractivity contribution is 0.138. The Morgan fingerprint density at radius 1 is 0.525 bits per heavy atom. The molecule has 204 valence electrons. The Bertz CT molecular complexity index is 1350. The second-order valence-corrected chi connectivity index (χ2v) is 12.0. The van der Waals surface area contributed by atoms with Gasteiger partial charge in [0.15, 0.2) is 0 Å². The summed E-state index contributed by atoms with van der Waals surface area (Å²) in [6.07, 6.45) is 0. The smallest absolute Gasteiger partial charge is 0.106 e. The molecule has 6 rings (SSSR count). The van der Waals surface area contributed by atoms with Crippen LogP contribution in [0.4, 0.5) is 0 Å². The van der Waals surface area contributed by atoms with Gasteiger partial charge in [0.2, 0.25) is 0 Å². The fraction of sp³-hybridized carbons (Fsp3) is 0.219. The molecule has 0 saturated carbocycles. The van der Waals surface area contributed by atoms with Crippen molar-refractivity contribution in [3.05, 3.63) is 139 Å². The van der Waals surface area contributed by atoms with Crippen molar-refractivity contribution in [1.29, 1.82) is 0 Å². The summed E-state index contributed by atoms with van der Waals surface area (Å²) in [5, 5.41) is 15.5. The molecule has 0 spiro atoms. The Morgan fingerprint density at radius 2 is 0.825 bits per heavy atom.